The lowest BCUT2D eigenvalue weighted by Gasteiger charge is -2.14. The first-order valence-corrected chi connectivity index (χ1v) is 7.67. The molecule has 0 aliphatic carbocycles. The fourth-order valence-corrected chi connectivity index (χ4v) is 2.72. The molecule has 0 saturated carbocycles. The topological polar surface area (TPSA) is 86.3 Å². The molecule has 0 aliphatic rings. The SMILES string of the molecule is Cn1c(OCNc2ccc(I)cc2Cl)c(C(N)=O)ccc1=O. The summed E-state index contributed by atoms with van der Waals surface area (Å²) in [5.74, 6) is -0.563. The van der Waals surface area contributed by atoms with Gasteiger partial charge < -0.3 is 15.8 Å². The second-order valence-corrected chi connectivity index (χ2v) is 6.06. The summed E-state index contributed by atoms with van der Waals surface area (Å²) in [7, 11) is 1.50. The van der Waals surface area contributed by atoms with Crippen molar-refractivity contribution in [2.45, 2.75) is 0 Å². The molecule has 0 atom stereocenters. The summed E-state index contributed by atoms with van der Waals surface area (Å²) >= 11 is 8.25. The number of nitrogens with zero attached hydrogens (tertiary/aromatic N) is 1. The first-order chi connectivity index (χ1) is 10.4. The van der Waals surface area contributed by atoms with Gasteiger partial charge in [0, 0.05) is 16.7 Å². The van der Waals surface area contributed by atoms with Gasteiger partial charge in [-0.15, -0.1) is 0 Å². The Morgan fingerprint density at radius 2 is 2.14 bits per heavy atom. The summed E-state index contributed by atoms with van der Waals surface area (Å²) in [6.45, 7) is 0.0257. The van der Waals surface area contributed by atoms with E-state index >= 15 is 0 Å². The van der Waals surface area contributed by atoms with E-state index in [0.717, 1.165) is 3.57 Å². The normalized spacial score (nSPS) is 10.3. The number of nitrogens with two attached hydrogens (primary N) is 1. The lowest BCUT2D eigenvalue weighted by Crippen LogP contribution is -2.25. The van der Waals surface area contributed by atoms with E-state index in [9.17, 15) is 9.59 Å². The van der Waals surface area contributed by atoms with Gasteiger partial charge in [0.15, 0.2) is 6.73 Å². The van der Waals surface area contributed by atoms with Crippen LogP contribution in [0.15, 0.2) is 35.1 Å². The van der Waals surface area contributed by atoms with Crippen molar-refractivity contribution in [3.05, 3.63) is 54.8 Å². The van der Waals surface area contributed by atoms with Crippen molar-refractivity contribution in [1.29, 1.82) is 0 Å². The van der Waals surface area contributed by atoms with Crippen molar-refractivity contribution < 1.29 is 9.53 Å². The lowest BCUT2D eigenvalue weighted by molar-refractivity contribution is 0.0995. The van der Waals surface area contributed by atoms with Gasteiger partial charge in [-0.1, -0.05) is 11.6 Å². The predicted octanol–water partition coefficient (Wildman–Crippen LogP) is 2.19. The average molecular weight is 434 g/mol. The number of carbonyl (C=O) groups is 1. The molecule has 0 fully saturated rings. The fourth-order valence-electron chi connectivity index (χ4n) is 1.80. The second-order valence-electron chi connectivity index (χ2n) is 4.40. The van der Waals surface area contributed by atoms with E-state index in [-0.39, 0.29) is 23.7 Å². The molecule has 0 aliphatic heterocycles. The molecular weight excluding hydrogens is 421 g/mol. The van der Waals surface area contributed by atoms with Crippen LogP contribution < -0.4 is 21.3 Å². The molecule has 1 amide bonds. The van der Waals surface area contributed by atoms with E-state index in [2.05, 4.69) is 27.9 Å². The maximum absolute atomic E-state index is 11.6. The summed E-state index contributed by atoms with van der Waals surface area (Å²) in [6.07, 6.45) is 0. The number of benzene rings is 1. The molecule has 0 radical (unpaired) electrons. The smallest absolute Gasteiger partial charge is 0.254 e. The van der Waals surface area contributed by atoms with Crippen LogP contribution in [0.2, 0.25) is 5.02 Å². The molecule has 1 heterocycles. The van der Waals surface area contributed by atoms with Crippen LogP contribution in [-0.4, -0.2) is 17.2 Å². The second kappa shape index (κ2) is 7.01. The minimum absolute atomic E-state index is 0.0257. The molecule has 1 aromatic heterocycles. The first kappa shape index (κ1) is 16.6. The molecule has 0 spiro atoms. The van der Waals surface area contributed by atoms with Crippen molar-refractivity contribution in [2.75, 3.05) is 12.0 Å². The molecule has 22 heavy (non-hydrogen) atoms. The van der Waals surface area contributed by atoms with Gasteiger partial charge in [-0.3, -0.25) is 14.2 Å². The number of primary amides is 1. The molecule has 0 bridgehead atoms. The third-order valence-electron chi connectivity index (χ3n) is 2.93. The molecule has 6 nitrogen and oxygen atoms in total. The maximum atomic E-state index is 11.6. The number of hydrogen-bond acceptors (Lipinski definition) is 4. The van der Waals surface area contributed by atoms with Crippen molar-refractivity contribution in [3.63, 3.8) is 0 Å². The minimum atomic E-state index is -0.669. The molecule has 0 unspecified atom stereocenters. The van der Waals surface area contributed by atoms with Crippen molar-refractivity contribution >= 4 is 45.8 Å². The highest BCUT2D eigenvalue weighted by Gasteiger charge is 2.13. The number of rotatable bonds is 5. The summed E-state index contributed by atoms with van der Waals surface area (Å²) in [5, 5.41) is 3.53. The number of hydrogen-bond donors (Lipinski definition) is 2. The maximum Gasteiger partial charge on any atom is 0.254 e. The number of ether oxygens (including phenoxy) is 1. The van der Waals surface area contributed by atoms with Crippen LogP contribution in [0, 0.1) is 3.57 Å². The molecule has 116 valence electrons. The Morgan fingerprint density at radius 3 is 2.77 bits per heavy atom. The summed E-state index contributed by atoms with van der Waals surface area (Å²) in [5.41, 5.74) is 5.80. The van der Waals surface area contributed by atoms with Crippen molar-refractivity contribution in [3.8, 4) is 5.88 Å². The van der Waals surface area contributed by atoms with Gasteiger partial charge in [0.05, 0.1) is 16.3 Å². The molecule has 3 N–H and O–H groups in total. The molecule has 2 aromatic rings. The van der Waals surface area contributed by atoms with Gasteiger partial charge >= 0.3 is 0 Å². The van der Waals surface area contributed by atoms with E-state index in [0.29, 0.717) is 10.7 Å². The van der Waals surface area contributed by atoms with Crippen LogP contribution in [0.4, 0.5) is 5.69 Å². The van der Waals surface area contributed by atoms with E-state index in [1.54, 1.807) is 6.07 Å². The fraction of sp³-hybridized carbons (Fsp3) is 0.143. The molecule has 0 saturated heterocycles. The van der Waals surface area contributed by atoms with Crippen LogP contribution in [0.5, 0.6) is 5.88 Å². The Balaban J connectivity index is 2.16. The summed E-state index contributed by atoms with van der Waals surface area (Å²) in [6, 6.07) is 8.11. The monoisotopic (exact) mass is 433 g/mol. The summed E-state index contributed by atoms with van der Waals surface area (Å²) < 4.78 is 7.72. The number of anilines is 1. The average Bonchev–Trinajstić information content (AvgIpc) is 2.45. The largest absolute Gasteiger partial charge is 0.457 e. The Bertz CT molecular complexity index is 776. The highest BCUT2D eigenvalue weighted by Crippen LogP contribution is 2.24. The number of nitrogens with one attached hydrogen (secondary N) is 1. The van der Waals surface area contributed by atoms with Gasteiger partial charge in [-0.25, -0.2) is 0 Å². The Labute approximate surface area is 145 Å². The van der Waals surface area contributed by atoms with E-state index in [4.69, 9.17) is 22.1 Å². The third-order valence-corrected chi connectivity index (χ3v) is 3.91. The zero-order chi connectivity index (χ0) is 16.3. The van der Waals surface area contributed by atoms with E-state index in [1.165, 1.54) is 23.7 Å². The predicted molar refractivity (Wildman–Crippen MR) is 93.5 cm³/mol. The molecule has 1 aromatic carbocycles. The lowest BCUT2D eigenvalue weighted by atomic mass is 10.2. The van der Waals surface area contributed by atoms with Gasteiger partial charge in [0.1, 0.15) is 0 Å². The number of carbonyl (C=O) groups excluding carboxylic acids is 1. The first-order valence-electron chi connectivity index (χ1n) is 6.21. The van der Waals surface area contributed by atoms with Gasteiger partial charge in [0.2, 0.25) is 5.88 Å². The van der Waals surface area contributed by atoms with Crippen LogP contribution in [-0.2, 0) is 7.05 Å². The Hall–Kier alpha value is -1.74. The zero-order valence-corrected chi connectivity index (χ0v) is 14.5. The van der Waals surface area contributed by atoms with Gasteiger partial charge in [0.25, 0.3) is 11.5 Å². The molecule has 2 rings (SSSR count). The number of halogens is 2. The quantitative estimate of drug-likeness (QED) is 0.559. The van der Waals surface area contributed by atoms with Gasteiger partial charge in [-0.2, -0.15) is 0 Å². The Morgan fingerprint density at radius 1 is 1.41 bits per heavy atom. The highest BCUT2D eigenvalue weighted by atomic mass is 127. The van der Waals surface area contributed by atoms with E-state index in [1.807, 2.05) is 12.1 Å². The van der Waals surface area contributed by atoms with E-state index < -0.39 is 5.91 Å². The van der Waals surface area contributed by atoms with Gasteiger partial charge in [-0.05, 0) is 46.9 Å². The van der Waals surface area contributed by atoms with Crippen LogP contribution >= 0.6 is 34.2 Å². The zero-order valence-electron chi connectivity index (χ0n) is 11.6. The number of amides is 1. The molecular formula is C14H13ClIN3O3. The highest BCUT2D eigenvalue weighted by molar-refractivity contribution is 14.1. The standard InChI is InChI=1S/C14H13ClIN3O3/c1-19-12(20)5-3-9(13(17)21)14(19)22-7-18-11-4-2-8(16)6-10(11)15/h2-6,18H,7H2,1H3,(H2,17,21). The minimum Gasteiger partial charge on any atom is -0.457 e. The van der Waals surface area contributed by atoms with Crippen molar-refractivity contribution in [1.82, 2.24) is 4.57 Å². The van der Waals surface area contributed by atoms with Crippen LogP contribution in [0.25, 0.3) is 0 Å². The van der Waals surface area contributed by atoms with Crippen LogP contribution in [0.1, 0.15) is 10.4 Å². The van der Waals surface area contributed by atoms with Crippen molar-refractivity contribution in [2.24, 2.45) is 12.8 Å². The Kier molecular flexibility index (Phi) is 5.30. The molecule has 8 heteroatoms. The summed E-state index contributed by atoms with van der Waals surface area (Å²) in [4.78, 5) is 23.0. The number of pyridine rings is 1. The number of aromatic nitrogens is 1. The third kappa shape index (κ3) is 3.72. The van der Waals surface area contributed by atoms with Crippen LogP contribution in [0.3, 0.4) is 0 Å².